The van der Waals surface area contributed by atoms with Crippen molar-refractivity contribution in [1.29, 1.82) is 0 Å². The largest absolute Gasteiger partial charge is 0.454 e. The fourth-order valence-electron chi connectivity index (χ4n) is 2.35. The number of benzene rings is 1. The molecule has 0 saturated heterocycles. The number of nitrogens with one attached hydrogen (secondary N) is 1. The summed E-state index contributed by atoms with van der Waals surface area (Å²) in [5, 5.41) is 2.97. The first-order valence-electron chi connectivity index (χ1n) is 6.61. The number of rotatable bonds is 4. The Balaban J connectivity index is 1.73. The maximum atomic E-state index is 12.2. The molecule has 1 aromatic rings. The van der Waals surface area contributed by atoms with Crippen molar-refractivity contribution in [1.82, 2.24) is 5.32 Å². The summed E-state index contributed by atoms with van der Waals surface area (Å²) >= 11 is 0. The van der Waals surface area contributed by atoms with Gasteiger partial charge in [0.25, 0.3) is 5.91 Å². The van der Waals surface area contributed by atoms with Crippen molar-refractivity contribution in [3.05, 3.63) is 17.7 Å². The molecule has 1 heterocycles. The van der Waals surface area contributed by atoms with Crippen molar-refractivity contribution in [3.8, 4) is 11.5 Å². The summed E-state index contributed by atoms with van der Waals surface area (Å²) in [6.07, 6.45) is 3.49. The standard InChI is InChI=1S/C14H18N2O3/c1-2-14(3-4-14)7-16-13(17)9-5-11-12(6-10(9)15)19-8-18-11/h5-6H,2-4,7-8,15H2,1H3,(H,16,17). The Morgan fingerprint density at radius 3 is 2.68 bits per heavy atom. The average Bonchev–Trinajstić information content (AvgIpc) is 3.06. The lowest BCUT2D eigenvalue weighted by Crippen LogP contribution is -2.30. The highest BCUT2D eigenvalue weighted by Gasteiger charge is 2.40. The Morgan fingerprint density at radius 2 is 2.05 bits per heavy atom. The molecule has 0 aromatic heterocycles. The highest BCUT2D eigenvalue weighted by atomic mass is 16.7. The van der Waals surface area contributed by atoms with Crippen molar-refractivity contribution in [2.75, 3.05) is 19.1 Å². The van der Waals surface area contributed by atoms with Crippen LogP contribution >= 0.6 is 0 Å². The van der Waals surface area contributed by atoms with E-state index in [9.17, 15) is 4.79 Å². The molecule has 1 saturated carbocycles. The summed E-state index contributed by atoms with van der Waals surface area (Å²) in [5.74, 6) is 1.03. The van der Waals surface area contributed by atoms with Crippen LogP contribution in [0.5, 0.6) is 11.5 Å². The minimum Gasteiger partial charge on any atom is -0.454 e. The fourth-order valence-corrected chi connectivity index (χ4v) is 2.35. The van der Waals surface area contributed by atoms with Crippen molar-refractivity contribution in [2.24, 2.45) is 5.41 Å². The smallest absolute Gasteiger partial charge is 0.253 e. The van der Waals surface area contributed by atoms with Crippen molar-refractivity contribution < 1.29 is 14.3 Å². The van der Waals surface area contributed by atoms with E-state index in [4.69, 9.17) is 15.2 Å². The lowest BCUT2D eigenvalue weighted by atomic mass is 10.0. The Hall–Kier alpha value is -1.91. The molecule has 0 bridgehead atoms. The number of nitrogens with two attached hydrogens (primary N) is 1. The van der Waals surface area contributed by atoms with Crippen LogP contribution in [0.25, 0.3) is 0 Å². The zero-order valence-electron chi connectivity index (χ0n) is 11.0. The second-order valence-electron chi connectivity index (χ2n) is 5.33. The van der Waals surface area contributed by atoms with Crippen LogP contribution in [-0.4, -0.2) is 19.2 Å². The number of anilines is 1. The van der Waals surface area contributed by atoms with Crippen LogP contribution < -0.4 is 20.5 Å². The number of ether oxygens (including phenoxy) is 2. The van der Waals surface area contributed by atoms with E-state index in [1.54, 1.807) is 12.1 Å². The molecule has 0 atom stereocenters. The maximum Gasteiger partial charge on any atom is 0.253 e. The van der Waals surface area contributed by atoms with Gasteiger partial charge >= 0.3 is 0 Å². The Morgan fingerprint density at radius 1 is 1.37 bits per heavy atom. The van der Waals surface area contributed by atoms with Gasteiger partial charge in [0.05, 0.1) is 5.56 Å². The van der Waals surface area contributed by atoms with E-state index in [1.165, 1.54) is 12.8 Å². The van der Waals surface area contributed by atoms with E-state index >= 15 is 0 Å². The summed E-state index contributed by atoms with van der Waals surface area (Å²) in [5.41, 5.74) is 7.08. The van der Waals surface area contributed by atoms with Crippen molar-refractivity contribution >= 4 is 11.6 Å². The van der Waals surface area contributed by atoms with Gasteiger partial charge in [-0.15, -0.1) is 0 Å². The van der Waals surface area contributed by atoms with Gasteiger partial charge in [0, 0.05) is 18.3 Å². The lowest BCUT2D eigenvalue weighted by molar-refractivity contribution is 0.0945. The molecular formula is C14H18N2O3. The predicted octanol–water partition coefficient (Wildman–Crippen LogP) is 1.92. The molecule has 0 spiro atoms. The molecule has 1 fully saturated rings. The molecule has 19 heavy (non-hydrogen) atoms. The Kier molecular flexibility index (Phi) is 2.77. The van der Waals surface area contributed by atoms with Crippen molar-refractivity contribution in [2.45, 2.75) is 26.2 Å². The first-order valence-corrected chi connectivity index (χ1v) is 6.61. The topological polar surface area (TPSA) is 73.6 Å². The van der Waals surface area contributed by atoms with Crippen LogP contribution in [0.15, 0.2) is 12.1 Å². The molecule has 3 rings (SSSR count). The summed E-state index contributed by atoms with van der Waals surface area (Å²) in [6.45, 7) is 3.06. The van der Waals surface area contributed by atoms with Gasteiger partial charge in [0.2, 0.25) is 6.79 Å². The molecule has 5 nitrogen and oxygen atoms in total. The van der Waals surface area contributed by atoms with Crippen LogP contribution in [0, 0.1) is 5.41 Å². The van der Waals surface area contributed by atoms with Gasteiger partial charge in [-0.3, -0.25) is 4.79 Å². The van der Waals surface area contributed by atoms with E-state index in [0.717, 1.165) is 13.0 Å². The summed E-state index contributed by atoms with van der Waals surface area (Å²) in [7, 11) is 0. The molecule has 1 aliphatic carbocycles. The zero-order valence-corrected chi connectivity index (χ0v) is 11.0. The second kappa shape index (κ2) is 4.33. The van der Waals surface area contributed by atoms with Gasteiger partial charge in [-0.1, -0.05) is 6.92 Å². The molecule has 5 heteroatoms. The molecular weight excluding hydrogens is 244 g/mol. The third-order valence-corrected chi connectivity index (χ3v) is 4.12. The van der Waals surface area contributed by atoms with E-state index in [0.29, 0.717) is 28.2 Å². The van der Waals surface area contributed by atoms with E-state index in [-0.39, 0.29) is 12.7 Å². The van der Waals surface area contributed by atoms with Crippen LogP contribution in [-0.2, 0) is 0 Å². The number of hydrogen-bond acceptors (Lipinski definition) is 4. The third kappa shape index (κ3) is 2.20. The Bertz CT molecular complexity index is 524. The van der Waals surface area contributed by atoms with E-state index in [1.807, 2.05) is 0 Å². The number of fused-ring (bicyclic) bond motifs is 1. The highest BCUT2D eigenvalue weighted by molar-refractivity contribution is 6.00. The number of nitrogen functional groups attached to an aromatic ring is 1. The summed E-state index contributed by atoms with van der Waals surface area (Å²) in [6, 6.07) is 3.29. The molecule has 0 radical (unpaired) electrons. The van der Waals surface area contributed by atoms with E-state index in [2.05, 4.69) is 12.2 Å². The molecule has 1 amide bonds. The molecule has 2 aliphatic rings. The first kappa shape index (κ1) is 12.1. The van der Waals surface area contributed by atoms with Gasteiger partial charge < -0.3 is 20.5 Å². The fraction of sp³-hybridized carbons (Fsp3) is 0.500. The quantitative estimate of drug-likeness (QED) is 0.813. The third-order valence-electron chi connectivity index (χ3n) is 4.12. The molecule has 3 N–H and O–H groups in total. The first-order chi connectivity index (χ1) is 9.13. The average molecular weight is 262 g/mol. The van der Waals surface area contributed by atoms with Gasteiger partial charge in [0.15, 0.2) is 11.5 Å². The maximum absolute atomic E-state index is 12.2. The lowest BCUT2D eigenvalue weighted by Gasteiger charge is -2.14. The van der Waals surface area contributed by atoms with E-state index < -0.39 is 0 Å². The Labute approximate surface area is 112 Å². The number of carbonyl (C=O) groups is 1. The molecule has 1 aliphatic heterocycles. The SMILES string of the molecule is CCC1(CNC(=O)c2cc3c(cc2N)OCO3)CC1. The van der Waals surface area contributed by atoms with Gasteiger partial charge in [0.1, 0.15) is 0 Å². The highest BCUT2D eigenvalue weighted by Crippen LogP contribution is 2.48. The minimum atomic E-state index is -0.143. The molecule has 102 valence electrons. The number of amides is 1. The number of carbonyl (C=O) groups excluding carboxylic acids is 1. The summed E-state index contributed by atoms with van der Waals surface area (Å²) in [4.78, 5) is 12.2. The molecule has 0 unspecified atom stereocenters. The van der Waals surface area contributed by atoms with Crippen LogP contribution in [0.2, 0.25) is 0 Å². The van der Waals surface area contributed by atoms with Crippen LogP contribution in [0.1, 0.15) is 36.5 Å². The van der Waals surface area contributed by atoms with Gasteiger partial charge in [-0.25, -0.2) is 0 Å². The summed E-state index contributed by atoms with van der Waals surface area (Å²) < 4.78 is 10.5. The van der Waals surface area contributed by atoms with Crippen LogP contribution in [0.3, 0.4) is 0 Å². The van der Waals surface area contributed by atoms with Crippen molar-refractivity contribution in [3.63, 3.8) is 0 Å². The zero-order chi connectivity index (χ0) is 13.5. The minimum absolute atomic E-state index is 0.143. The predicted molar refractivity (Wildman–Crippen MR) is 71.3 cm³/mol. The normalized spacial score (nSPS) is 18.2. The molecule has 1 aromatic carbocycles. The van der Waals surface area contributed by atoms with Gasteiger partial charge in [-0.2, -0.15) is 0 Å². The van der Waals surface area contributed by atoms with Gasteiger partial charge in [-0.05, 0) is 30.7 Å². The number of hydrogen-bond donors (Lipinski definition) is 2. The monoisotopic (exact) mass is 262 g/mol. The second-order valence-corrected chi connectivity index (χ2v) is 5.33. The van der Waals surface area contributed by atoms with Crippen LogP contribution in [0.4, 0.5) is 5.69 Å².